The summed E-state index contributed by atoms with van der Waals surface area (Å²) >= 11 is 3.31. The number of halogens is 1. The topological polar surface area (TPSA) is 92.4 Å². The quantitative estimate of drug-likeness (QED) is 0.427. The maximum atomic E-state index is 12.0. The fourth-order valence-corrected chi connectivity index (χ4v) is 1.73. The fourth-order valence-electron chi connectivity index (χ4n) is 1.47. The molecule has 0 saturated heterocycles. The Morgan fingerprint density at radius 2 is 1.95 bits per heavy atom. The van der Waals surface area contributed by atoms with Gasteiger partial charge in [-0.1, -0.05) is 28.1 Å². The highest BCUT2D eigenvalue weighted by Gasteiger charge is 2.29. The third-order valence-electron chi connectivity index (χ3n) is 2.65. The number of carbonyl (C=O) groups excluding carboxylic acids is 2. The predicted octanol–water partition coefficient (Wildman–Crippen LogP) is 1.02. The lowest BCUT2D eigenvalue weighted by Crippen LogP contribution is -2.51. The number of benzene rings is 1. The molecule has 0 fully saturated rings. The number of quaternary nitrogens is 1. The second-order valence-corrected chi connectivity index (χ2v) is 5.27. The van der Waals surface area contributed by atoms with E-state index in [9.17, 15) is 14.8 Å². The number of nitrogens with zero attached hydrogens (tertiary/aromatic N) is 1. The lowest BCUT2D eigenvalue weighted by atomic mass is 10.1. The summed E-state index contributed by atoms with van der Waals surface area (Å²) in [4.78, 5) is 22.5. The molecule has 0 saturated carbocycles. The summed E-state index contributed by atoms with van der Waals surface area (Å²) in [5.74, 6) is -0.353. The highest BCUT2D eigenvalue weighted by Crippen LogP contribution is 2.12. The molecule has 0 aromatic heterocycles. The number of urea groups is 1. The molecule has 104 valence electrons. The number of hydrogen-bond donors (Lipinski definition) is 3. The van der Waals surface area contributed by atoms with Crippen LogP contribution in [0.2, 0.25) is 0 Å². The fraction of sp³-hybridized carbons (Fsp3) is 0.333. The van der Waals surface area contributed by atoms with Crippen LogP contribution in [0.15, 0.2) is 28.7 Å². The van der Waals surface area contributed by atoms with Crippen LogP contribution in [-0.2, 0) is 11.2 Å². The Balaban J connectivity index is 2.55. The van der Waals surface area contributed by atoms with E-state index in [0.717, 1.165) is 10.0 Å². The molecular formula is C12H17BrN3O3+. The summed E-state index contributed by atoms with van der Waals surface area (Å²) in [6.07, 6.45) is 0.122. The number of hydroxylamine groups is 3. The number of rotatable bonds is 5. The van der Waals surface area contributed by atoms with Crippen LogP contribution >= 0.6 is 15.9 Å². The van der Waals surface area contributed by atoms with Crippen molar-refractivity contribution in [3.05, 3.63) is 34.3 Å². The SMILES string of the molecule is C[N+](O)(CCNC(N)=O)C(=O)Cc1ccc(Br)cc1. The smallest absolute Gasteiger partial charge is 0.349 e. The molecule has 4 N–H and O–H groups in total. The van der Waals surface area contributed by atoms with E-state index in [1.54, 1.807) is 0 Å². The van der Waals surface area contributed by atoms with Gasteiger partial charge in [-0.2, -0.15) is 0 Å². The molecule has 1 unspecified atom stereocenters. The summed E-state index contributed by atoms with van der Waals surface area (Å²) < 4.78 is 0.131. The van der Waals surface area contributed by atoms with Gasteiger partial charge in [0.15, 0.2) is 0 Å². The number of likely N-dealkylation sites (N-methyl/N-ethyl adjacent to an activating group) is 1. The molecule has 0 spiro atoms. The van der Waals surface area contributed by atoms with Crippen molar-refractivity contribution in [3.8, 4) is 0 Å². The molecule has 1 rings (SSSR count). The van der Waals surface area contributed by atoms with Crippen molar-refractivity contribution in [3.63, 3.8) is 0 Å². The number of nitrogens with one attached hydrogen (secondary N) is 1. The Bertz CT molecular complexity index is 460. The lowest BCUT2D eigenvalue weighted by Gasteiger charge is -2.22. The van der Waals surface area contributed by atoms with Crippen LogP contribution in [0.5, 0.6) is 0 Å². The largest absolute Gasteiger partial charge is 0.352 e. The molecule has 0 aliphatic rings. The van der Waals surface area contributed by atoms with Gasteiger partial charge in [-0.05, 0) is 17.7 Å². The van der Waals surface area contributed by atoms with Crippen molar-refractivity contribution in [2.75, 3.05) is 20.1 Å². The van der Waals surface area contributed by atoms with Crippen LogP contribution in [0.25, 0.3) is 0 Å². The Morgan fingerprint density at radius 1 is 1.37 bits per heavy atom. The Hall–Kier alpha value is -1.44. The molecule has 0 bridgehead atoms. The molecule has 6 nitrogen and oxygen atoms in total. The minimum atomic E-state index is -0.795. The van der Waals surface area contributed by atoms with E-state index in [2.05, 4.69) is 21.2 Å². The molecule has 0 heterocycles. The van der Waals surface area contributed by atoms with Crippen molar-refractivity contribution in [2.24, 2.45) is 5.73 Å². The van der Waals surface area contributed by atoms with Gasteiger partial charge in [0.1, 0.15) is 13.6 Å². The Kier molecular flexibility index (Phi) is 5.46. The van der Waals surface area contributed by atoms with Gasteiger partial charge >= 0.3 is 11.9 Å². The molecule has 19 heavy (non-hydrogen) atoms. The van der Waals surface area contributed by atoms with E-state index < -0.39 is 10.7 Å². The first-order valence-electron chi connectivity index (χ1n) is 5.70. The monoisotopic (exact) mass is 330 g/mol. The minimum Gasteiger partial charge on any atom is -0.352 e. The first-order valence-corrected chi connectivity index (χ1v) is 6.50. The summed E-state index contributed by atoms with van der Waals surface area (Å²) in [6, 6.07) is 6.60. The minimum absolute atomic E-state index is 0.0678. The predicted molar refractivity (Wildman–Crippen MR) is 73.3 cm³/mol. The number of carbonyl (C=O) groups is 2. The van der Waals surface area contributed by atoms with Gasteiger partial charge in [0, 0.05) is 4.47 Å². The highest BCUT2D eigenvalue weighted by atomic mass is 79.9. The molecule has 0 aliphatic heterocycles. The van der Waals surface area contributed by atoms with Crippen LogP contribution in [0.4, 0.5) is 4.79 Å². The molecule has 3 amide bonds. The number of nitrogens with two attached hydrogens (primary N) is 1. The van der Waals surface area contributed by atoms with E-state index in [-0.39, 0.29) is 25.4 Å². The molecule has 0 aliphatic carbocycles. The number of amides is 3. The maximum Gasteiger partial charge on any atom is 0.349 e. The zero-order valence-electron chi connectivity index (χ0n) is 10.6. The van der Waals surface area contributed by atoms with E-state index in [0.29, 0.717) is 0 Å². The zero-order valence-corrected chi connectivity index (χ0v) is 12.2. The average Bonchev–Trinajstić information content (AvgIpc) is 2.31. The van der Waals surface area contributed by atoms with Crippen LogP contribution in [0, 0.1) is 0 Å². The maximum absolute atomic E-state index is 12.0. The average molecular weight is 331 g/mol. The van der Waals surface area contributed by atoms with Gasteiger partial charge in [-0.15, -0.1) is 4.65 Å². The van der Waals surface area contributed by atoms with E-state index in [4.69, 9.17) is 5.73 Å². The van der Waals surface area contributed by atoms with Crippen molar-refractivity contribution in [2.45, 2.75) is 6.42 Å². The van der Waals surface area contributed by atoms with Gasteiger partial charge in [0.2, 0.25) is 0 Å². The second-order valence-electron chi connectivity index (χ2n) is 4.35. The Morgan fingerprint density at radius 3 is 2.47 bits per heavy atom. The van der Waals surface area contributed by atoms with Gasteiger partial charge < -0.3 is 11.1 Å². The third kappa shape index (κ3) is 5.37. The zero-order chi connectivity index (χ0) is 14.5. The first kappa shape index (κ1) is 15.6. The van der Waals surface area contributed by atoms with Crippen molar-refractivity contribution in [1.29, 1.82) is 0 Å². The van der Waals surface area contributed by atoms with Crippen LogP contribution in [0.3, 0.4) is 0 Å². The van der Waals surface area contributed by atoms with Crippen molar-refractivity contribution >= 4 is 27.9 Å². The van der Waals surface area contributed by atoms with E-state index >= 15 is 0 Å². The molecule has 1 atom stereocenters. The van der Waals surface area contributed by atoms with Gasteiger partial charge in [0.05, 0.1) is 13.0 Å². The Labute approximate surface area is 119 Å². The van der Waals surface area contributed by atoms with Crippen molar-refractivity contribution in [1.82, 2.24) is 5.32 Å². The molecule has 1 aromatic rings. The van der Waals surface area contributed by atoms with Gasteiger partial charge in [0.25, 0.3) is 0 Å². The third-order valence-corrected chi connectivity index (χ3v) is 3.18. The second kappa shape index (κ2) is 6.65. The van der Waals surface area contributed by atoms with Crippen molar-refractivity contribution < 1.29 is 19.4 Å². The first-order chi connectivity index (χ1) is 8.81. The van der Waals surface area contributed by atoms with Crippen LogP contribution in [0.1, 0.15) is 5.56 Å². The lowest BCUT2D eigenvalue weighted by molar-refractivity contribution is -1.02. The molecule has 0 radical (unpaired) electrons. The van der Waals surface area contributed by atoms with E-state index in [1.165, 1.54) is 7.05 Å². The summed E-state index contributed by atoms with van der Waals surface area (Å²) in [7, 11) is 1.38. The molecular weight excluding hydrogens is 314 g/mol. The van der Waals surface area contributed by atoms with E-state index in [1.807, 2.05) is 24.3 Å². The summed E-state index contributed by atoms with van der Waals surface area (Å²) in [5.41, 5.74) is 5.72. The highest BCUT2D eigenvalue weighted by molar-refractivity contribution is 9.10. The van der Waals surface area contributed by atoms with Crippen LogP contribution in [-0.4, -0.2) is 41.9 Å². The summed E-state index contributed by atoms with van der Waals surface area (Å²) in [6.45, 7) is 0.201. The number of primary amides is 1. The molecule has 7 heteroatoms. The van der Waals surface area contributed by atoms with Gasteiger partial charge in [-0.25, -0.2) is 14.8 Å². The summed E-state index contributed by atoms with van der Waals surface area (Å²) in [5, 5.41) is 12.3. The standard InChI is InChI=1S/C12H16BrN3O3/c1-16(19,7-6-15-12(14)18)11(17)8-9-2-4-10(13)5-3-9/h2-5,19H,6-8H2,1H3,(H2-,14,15,18)/p+1. The van der Waals surface area contributed by atoms with Crippen LogP contribution < -0.4 is 11.1 Å². The van der Waals surface area contributed by atoms with Gasteiger partial charge in [-0.3, -0.25) is 0 Å². The molecule has 1 aromatic carbocycles. The normalized spacial score (nSPS) is 13.6. The number of hydrogen-bond acceptors (Lipinski definition) is 3.